The van der Waals surface area contributed by atoms with Crippen molar-refractivity contribution in [3.8, 4) is 0 Å². The zero-order valence-corrected chi connectivity index (χ0v) is 15.3. The number of piperazine rings is 1. The third-order valence-corrected chi connectivity index (χ3v) is 5.42. The van der Waals surface area contributed by atoms with Gasteiger partial charge in [-0.15, -0.1) is 0 Å². The molecular weight excluding hydrogens is 320 g/mol. The van der Waals surface area contributed by atoms with E-state index in [-0.39, 0.29) is 5.91 Å². The number of carbonyl (C=O) groups is 1. The minimum absolute atomic E-state index is 0.107. The zero-order chi connectivity index (χ0) is 17.9. The first-order valence-electron chi connectivity index (χ1n) is 9.60. The van der Waals surface area contributed by atoms with Gasteiger partial charge in [0, 0.05) is 37.4 Å². The maximum Gasteiger partial charge on any atom is 0.246 e. The highest BCUT2D eigenvalue weighted by molar-refractivity contribution is 5.92. The Morgan fingerprint density at radius 2 is 1.73 bits per heavy atom. The van der Waals surface area contributed by atoms with Crippen LogP contribution in [0.25, 0.3) is 6.08 Å². The van der Waals surface area contributed by atoms with E-state index in [0.29, 0.717) is 6.04 Å². The molecule has 2 aliphatic rings. The van der Waals surface area contributed by atoms with Gasteiger partial charge in [0.2, 0.25) is 5.91 Å². The summed E-state index contributed by atoms with van der Waals surface area (Å²) < 4.78 is 0. The van der Waals surface area contributed by atoms with Crippen molar-refractivity contribution in [1.29, 1.82) is 0 Å². The lowest BCUT2D eigenvalue weighted by Gasteiger charge is -2.41. The van der Waals surface area contributed by atoms with Crippen LogP contribution >= 0.6 is 0 Å². The van der Waals surface area contributed by atoms with Crippen LogP contribution in [0.15, 0.2) is 60.7 Å². The molecule has 134 valence electrons. The molecular formula is C23H26N2O. The first-order chi connectivity index (χ1) is 12.7. The third-order valence-electron chi connectivity index (χ3n) is 5.42. The molecule has 2 fully saturated rings. The Hall–Kier alpha value is -2.55. The molecule has 3 nitrogen and oxygen atoms in total. The topological polar surface area (TPSA) is 23.6 Å². The maximum atomic E-state index is 12.6. The van der Waals surface area contributed by atoms with Gasteiger partial charge in [-0.05, 0) is 49.0 Å². The number of nitrogens with zero attached hydrogens (tertiary/aromatic N) is 2. The summed E-state index contributed by atoms with van der Waals surface area (Å²) in [6.07, 6.45) is 6.24. The molecule has 2 aromatic carbocycles. The van der Waals surface area contributed by atoms with Crippen molar-refractivity contribution in [3.05, 3.63) is 71.8 Å². The normalized spacial score (nSPS) is 20.6. The van der Waals surface area contributed by atoms with Crippen molar-refractivity contribution in [2.45, 2.75) is 31.7 Å². The van der Waals surface area contributed by atoms with E-state index in [9.17, 15) is 4.79 Å². The van der Waals surface area contributed by atoms with Gasteiger partial charge in [0.05, 0.1) is 0 Å². The Bertz CT molecular complexity index is 795. The van der Waals surface area contributed by atoms with Crippen molar-refractivity contribution >= 4 is 17.7 Å². The average Bonchev–Trinajstić information content (AvgIpc) is 3.52. The summed E-state index contributed by atoms with van der Waals surface area (Å²) in [5.41, 5.74) is 3.92. The minimum Gasteiger partial charge on any atom is -0.365 e. The third kappa shape index (κ3) is 3.67. The summed E-state index contributed by atoms with van der Waals surface area (Å²) in [5.74, 6) is 0.850. The van der Waals surface area contributed by atoms with Gasteiger partial charge in [0.15, 0.2) is 0 Å². The number of benzene rings is 2. The molecule has 1 saturated carbocycles. The monoisotopic (exact) mass is 346 g/mol. The Labute approximate surface area is 155 Å². The summed E-state index contributed by atoms with van der Waals surface area (Å²) in [4.78, 5) is 17.0. The average molecular weight is 346 g/mol. The Morgan fingerprint density at radius 1 is 1.00 bits per heavy atom. The molecule has 4 rings (SSSR count). The van der Waals surface area contributed by atoms with Crippen LogP contribution in [0.3, 0.4) is 0 Å². The largest absolute Gasteiger partial charge is 0.365 e. The first kappa shape index (κ1) is 16.9. The van der Waals surface area contributed by atoms with Crippen LogP contribution in [-0.4, -0.2) is 36.5 Å². The standard InChI is InChI=1S/C23H26N2O/c1-18-17-24(23(26)14-11-19-7-3-2-4-8-19)15-16-25(18)22-10-6-5-9-21(22)20-12-13-20/h2-11,14,18,20H,12-13,15-17H2,1H3. The highest BCUT2D eigenvalue weighted by atomic mass is 16.2. The van der Waals surface area contributed by atoms with E-state index >= 15 is 0 Å². The second kappa shape index (κ2) is 7.36. The summed E-state index contributed by atoms with van der Waals surface area (Å²) in [6.45, 7) is 4.68. The molecule has 1 heterocycles. The molecule has 3 heteroatoms. The second-order valence-electron chi connectivity index (χ2n) is 7.40. The molecule has 0 radical (unpaired) electrons. The van der Waals surface area contributed by atoms with Crippen LogP contribution in [0.4, 0.5) is 5.69 Å². The van der Waals surface area contributed by atoms with E-state index in [4.69, 9.17) is 0 Å². The molecule has 0 spiro atoms. The molecule has 26 heavy (non-hydrogen) atoms. The molecule has 0 bridgehead atoms. The number of anilines is 1. The lowest BCUT2D eigenvalue weighted by atomic mass is 10.0. The van der Waals surface area contributed by atoms with Crippen LogP contribution in [-0.2, 0) is 4.79 Å². The van der Waals surface area contributed by atoms with Crippen molar-refractivity contribution < 1.29 is 4.79 Å². The summed E-state index contributed by atoms with van der Waals surface area (Å²) in [5, 5.41) is 0. The number of hydrogen-bond acceptors (Lipinski definition) is 2. The van der Waals surface area contributed by atoms with Crippen molar-refractivity contribution in [3.63, 3.8) is 0 Å². The molecule has 1 aliphatic carbocycles. The number of carbonyl (C=O) groups excluding carboxylic acids is 1. The SMILES string of the molecule is CC1CN(C(=O)C=Cc2ccccc2)CCN1c1ccccc1C1CC1. The van der Waals surface area contributed by atoms with E-state index in [0.717, 1.165) is 31.1 Å². The Morgan fingerprint density at radius 3 is 2.46 bits per heavy atom. The molecule has 0 aromatic heterocycles. The first-order valence-corrected chi connectivity index (χ1v) is 9.60. The van der Waals surface area contributed by atoms with Gasteiger partial charge in [0.25, 0.3) is 0 Å². The number of amides is 1. The number of rotatable bonds is 4. The lowest BCUT2D eigenvalue weighted by Crippen LogP contribution is -2.53. The molecule has 2 aromatic rings. The van der Waals surface area contributed by atoms with E-state index < -0.39 is 0 Å². The smallest absolute Gasteiger partial charge is 0.246 e. The molecule has 1 amide bonds. The predicted octanol–water partition coefficient (Wildman–Crippen LogP) is 4.31. The second-order valence-corrected chi connectivity index (χ2v) is 7.40. The van der Waals surface area contributed by atoms with Crippen LogP contribution in [0.2, 0.25) is 0 Å². The summed E-state index contributed by atoms with van der Waals surface area (Å²) >= 11 is 0. The van der Waals surface area contributed by atoms with Crippen LogP contribution < -0.4 is 4.90 Å². The van der Waals surface area contributed by atoms with Crippen molar-refractivity contribution in [1.82, 2.24) is 4.90 Å². The fraction of sp³-hybridized carbons (Fsp3) is 0.348. The van der Waals surface area contributed by atoms with Gasteiger partial charge in [0.1, 0.15) is 0 Å². The Balaban J connectivity index is 1.42. The van der Waals surface area contributed by atoms with Gasteiger partial charge in [-0.2, -0.15) is 0 Å². The molecule has 1 aliphatic heterocycles. The lowest BCUT2D eigenvalue weighted by molar-refractivity contribution is -0.126. The highest BCUT2D eigenvalue weighted by Crippen LogP contribution is 2.44. The van der Waals surface area contributed by atoms with Gasteiger partial charge in [-0.3, -0.25) is 4.79 Å². The molecule has 1 unspecified atom stereocenters. The maximum absolute atomic E-state index is 12.6. The molecule has 1 atom stereocenters. The number of hydrogen-bond donors (Lipinski definition) is 0. The van der Waals surface area contributed by atoms with E-state index in [1.54, 1.807) is 6.08 Å². The van der Waals surface area contributed by atoms with Crippen molar-refractivity contribution in [2.24, 2.45) is 0 Å². The van der Waals surface area contributed by atoms with Gasteiger partial charge < -0.3 is 9.80 Å². The van der Waals surface area contributed by atoms with Gasteiger partial charge in [-0.25, -0.2) is 0 Å². The predicted molar refractivity (Wildman–Crippen MR) is 107 cm³/mol. The molecule has 1 saturated heterocycles. The number of para-hydroxylation sites is 1. The van der Waals surface area contributed by atoms with Crippen LogP contribution in [0.1, 0.15) is 36.8 Å². The van der Waals surface area contributed by atoms with Crippen LogP contribution in [0, 0.1) is 0 Å². The minimum atomic E-state index is 0.107. The zero-order valence-electron chi connectivity index (χ0n) is 15.3. The quantitative estimate of drug-likeness (QED) is 0.770. The summed E-state index contributed by atoms with van der Waals surface area (Å²) in [7, 11) is 0. The van der Waals surface area contributed by atoms with E-state index in [1.165, 1.54) is 24.1 Å². The van der Waals surface area contributed by atoms with Crippen LogP contribution in [0.5, 0.6) is 0 Å². The Kier molecular flexibility index (Phi) is 4.79. The fourth-order valence-electron chi connectivity index (χ4n) is 3.84. The van der Waals surface area contributed by atoms with Crippen molar-refractivity contribution in [2.75, 3.05) is 24.5 Å². The van der Waals surface area contributed by atoms with E-state index in [1.807, 2.05) is 41.3 Å². The van der Waals surface area contributed by atoms with Gasteiger partial charge in [-0.1, -0.05) is 48.5 Å². The van der Waals surface area contributed by atoms with Gasteiger partial charge >= 0.3 is 0 Å². The summed E-state index contributed by atoms with van der Waals surface area (Å²) in [6, 6.07) is 19.1. The van der Waals surface area contributed by atoms with E-state index in [2.05, 4.69) is 36.1 Å². The molecule has 0 N–H and O–H groups in total. The highest BCUT2D eigenvalue weighted by Gasteiger charge is 2.31. The fourth-order valence-corrected chi connectivity index (χ4v) is 3.84.